The van der Waals surface area contributed by atoms with Crippen LogP contribution in [0, 0.1) is 0 Å². The number of rotatable bonds is 4. The molecular formula is C16H19BrN4O2S. The molecule has 6 nitrogen and oxygen atoms in total. The molecule has 8 heteroatoms. The zero-order valence-electron chi connectivity index (χ0n) is 13.2. The number of benzene rings is 1. The minimum Gasteiger partial charge on any atom is -0.367 e. The predicted molar refractivity (Wildman–Crippen MR) is 97.4 cm³/mol. The van der Waals surface area contributed by atoms with Crippen LogP contribution >= 0.6 is 15.9 Å². The van der Waals surface area contributed by atoms with Crippen molar-refractivity contribution in [2.24, 2.45) is 0 Å². The standard InChI is InChI=1S/C16H19BrN4O2S/c17-11-1-4-15-14(9-11)16(19-10-18-15)20-12-5-7-21(8-6-12)24(22,23)13-2-3-13/h1,4,9-10,12-13H,2-3,5-8H2,(H,18,19,20). The van der Waals surface area contributed by atoms with E-state index >= 15 is 0 Å². The third kappa shape index (κ3) is 3.14. The summed E-state index contributed by atoms with van der Waals surface area (Å²) in [6.07, 6.45) is 4.80. The van der Waals surface area contributed by atoms with E-state index < -0.39 is 10.0 Å². The summed E-state index contributed by atoms with van der Waals surface area (Å²) in [5, 5.41) is 4.33. The zero-order valence-corrected chi connectivity index (χ0v) is 15.6. The summed E-state index contributed by atoms with van der Waals surface area (Å²) >= 11 is 3.48. The van der Waals surface area contributed by atoms with Crippen LogP contribution in [0.3, 0.4) is 0 Å². The molecular weight excluding hydrogens is 392 g/mol. The van der Waals surface area contributed by atoms with E-state index in [1.54, 1.807) is 10.6 Å². The Hall–Kier alpha value is -1.25. The Bertz CT molecular complexity index is 862. The predicted octanol–water partition coefficient (Wildman–Crippen LogP) is 2.76. The number of halogens is 1. The van der Waals surface area contributed by atoms with Gasteiger partial charge in [0.1, 0.15) is 12.1 Å². The topological polar surface area (TPSA) is 75.2 Å². The minimum absolute atomic E-state index is 0.120. The summed E-state index contributed by atoms with van der Waals surface area (Å²) in [6.45, 7) is 1.17. The van der Waals surface area contributed by atoms with Crippen LogP contribution in [0.5, 0.6) is 0 Å². The van der Waals surface area contributed by atoms with Crippen molar-refractivity contribution in [2.75, 3.05) is 18.4 Å². The van der Waals surface area contributed by atoms with Crippen LogP contribution < -0.4 is 5.32 Å². The van der Waals surface area contributed by atoms with Gasteiger partial charge in [0.2, 0.25) is 10.0 Å². The number of aromatic nitrogens is 2. The second kappa shape index (κ2) is 6.24. The molecule has 1 aromatic heterocycles. The molecule has 1 aliphatic heterocycles. The first-order chi connectivity index (χ1) is 11.5. The molecule has 1 N–H and O–H groups in total. The fourth-order valence-electron chi connectivity index (χ4n) is 3.17. The van der Waals surface area contributed by atoms with Crippen LogP contribution in [-0.2, 0) is 10.0 Å². The second-order valence-electron chi connectivity index (χ2n) is 6.45. The van der Waals surface area contributed by atoms with Gasteiger partial charge in [0.25, 0.3) is 0 Å². The molecule has 128 valence electrons. The van der Waals surface area contributed by atoms with Gasteiger partial charge >= 0.3 is 0 Å². The van der Waals surface area contributed by atoms with Gasteiger partial charge in [0.15, 0.2) is 0 Å². The van der Waals surface area contributed by atoms with Crippen LogP contribution in [0.2, 0.25) is 0 Å². The molecule has 2 aromatic rings. The van der Waals surface area contributed by atoms with Crippen molar-refractivity contribution in [3.05, 3.63) is 29.0 Å². The van der Waals surface area contributed by atoms with Crippen molar-refractivity contribution < 1.29 is 8.42 Å². The summed E-state index contributed by atoms with van der Waals surface area (Å²) in [4.78, 5) is 8.66. The molecule has 2 aliphatic rings. The highest BCUT2D eigenvalue weighted by atomic mass is 79.9. The van der Waals surface area contributed by atoms with E-state index in [1.807, 2.05) is 18.2 Å². The molecule has 0 spiro atoms. The van der Waals surface area contributed by atoms with E-state index in [0.29, 0.717) is 13.1 Å². The SMILES string of the molecule is O=S(=O)(C1CC1)N1CCC(Nc2ncnc3ccc(Br)cc23)CC1. The van der Waals surface area contributed by atoms with Gasteiger partial charge in [-0.25, -0.2) is 22.7 Å². The molecule has 0 bridgehead atoms. The van der Waals surface area contributed by atoms with Gasteiger partial charge in [-0.2, -0.15) is 0 Å². The van der Waals surface area contributed by atoms with Crippen molar-refractivity contribution in [3.8, 4) is 0 Å². The molecule has 1 saturated carbocycles. The van der Waals surface area contributed by atoms with Gasteiger partial charge in [0.05, 0.1) is 10.8 Å². The first-order valence-corrected chi connectivity index (χ1v) is 10.5. The highest BCUT2D eigenvalue weighted by molar-refractivity contribution is 9.10. The maximum atomic E-state index is 12.3. The Morgan fingerprint density at radius 1 is 1.12 bits per heavy atom. The van der Waals surface area contributed by atoms with Crippen molar-refractivity contribution in [2.45, 2.75) is 37.0 Å². The highest BCUT2D eigenvalue weighted by Gasteiger charge is 2.41. The summed E-state index contributed by atoms with van der Waals surface area (Å²) in [7, 11) is -3.05. The molecule has 2 fully saturated rings. The first kappa shape index (κ1) is 16.2. The maximum Gasteiger partial charge on any atom is 0.216 e. The van der Waals surface area contributed by atoms with E-state index in [1.165, 1.54) is 0 Å². The third-order valence-electron chi connectivity index (χ3n) is 4.70. The molecule has 4 rings (SSSR count). The van der Waals surface area contributed by atoms with Crippen molar-refractivity contribution in [3.63, 3.8) is 0 Å². The Kier molecular flexibility index (Phi) is 4.22. The van der Waals surface area contributed by atoms with E-state index in [0.717, 1.165) is 46.9 Å². The van der Waals surface area contributed by atoms with Gasteiger partial charge < -0.3 is 5.32 Å². The molecule has 2 heterocycles. The minimum atomic E-state index is -3.05. The normalized spacial score (nSPS) is 20.4. The van der Waals surface area contributed by atoms with E-state index in [2.05, 4.69) is 31.2 Å². The first-order valence-electron chi connectivity index (χ1n) is 8.20. The number of anilines is 1. The quantitative estimate of drug-likeness (QED) is 0.838. The lowest BCUT2D eigenvalue weighted by molar-refractivity contribution is 0.329. The number of hydrogen-bond acceptors (Lipinski definition) is 5. The number of hydrogen-bond donors (Lipinski definition) is 1. The summed E-state index contributed by atoms with van der Waals surface area (Å²) < 4.78 is 27.3. The number of nitrogens with one attached hydrogen (secondary N) is 1. The fourth-order valence-corrected chi connectivity index (χ4v) is 5.40. The molecule has 0 radical (unpaired) electrons. The monoisotopic (exact) mass is 410 g/mol. The number of piperidine rings is 1. The Morgan fingerprint density at radius 2 is 1.88 bits per heavy atom. The fraction of sp³-hybridized carbons (Fsp3) is 0.500. The molecule has 0 amide bonds. The Morgan fingerprint density at radius 3 is 2.58 bits per heavy atom. The van der Waals surface area contributed by atoms with Crippen LogP contribution in [-0.4, -0.2) is 47.1 Å². The van der Waals surface area contributed by atoms with Crippen molar-refractivity contribution in [1.29, 1.82) is 0 Å². The second-order valence-corrected chi connectivity index (χ2v) is 9.57. The van der Waals surface area contributed by atoms with E-state index in [9.17, 15) is 8.42 Å². The summed E-state index contributed by atoms with van der Waals surface area (Å²) in [6, 6.07) is 6.15. The lowest BCUT2D eigenvalue weighted by Crippen LogP contribution is -2.43. The number of sulfonamides is 1. The number of nitrogens with zero attached hydrogens (tertiary/aromatic N) is 3. The van der Waals surface area contributed by atoms with Gasteiger partial charge in [-0.15, -0.1) is 0 Å². The molecule has 0 atom stereocenters. The molecule has 1 aromatic carbocycles. The van der Waals surface area contributed by atoms with Crippen LogP contribution in [0.4, 0.5) is 5.82 Å². The van der Waals surface area contributed by atoms with Gasteiger partial charge in [0, 0.05) is 29.0 Å². The van der Waals surface area contributed by atoms with Crippen molar-refractivity contribution >= 4 is 42.7 Å². The lowest BCUT2D eigenvalue weighted by atomic mass is 10.1. The Balaban J connectivity index is 1.47. The number of fused-ring (bicyclic) bond motifs is 1. The van der Waals surface area contributed by atoms with Gasteiger partial charge in [-0.05, 0) is 43.9 Å². The van der Waals surface area contributed by atoms with Crippen LogP contribution in [0.1, 0.15) is 25.7 Å². The third-order valence-corrected chi connectivity index (χ3v) is 7.59. The molecule has 1 saturated heterocycles. The largest absolute Gasteiger partial charge is 0.367 e. The molecule has 0 unspecified atom stereocenters. The average molecular weight is 411 g/mol. The van der Waals surface area contributed by atoms with E-state index in [-0.39, 0.29) is 11.3 Å². The molecule has 24 heavy (non-hydrogen) atoms. The van der Waals surface area contributed by atoms with Crippen LogP contribution in [0.15, 0.2) is 29.0 Å². The molecule has 1 aliphatic carbocycles. The van der Waals surface area contributed by atoms with E-state index in [4.69, 9.17) is 0 Å². The van der Waals surface area contributed by atoms with Crippen molar-refractivity contribution in [1.82, 2.24) is 14.3 Å². The summed E-state index contributed by atoms with van der Waals surface area (Å²) in [5.41, 5.74) is 0.893. The van der Waals surface area contributed by atoms with Gasteiger partial charge in [-0.1, -0.05) is 15.9 Å². The average Bonchev–Trinajstić information content (AvgIpc) is 3.41. The summed E-state index contributed by atoms with van der Waals surface area (Å²) in [5.74, 6) is 0.810. The maximum absolute atomic E-state index is 12.3. The van der Waals surface area contributed by atoms with Gasteiger partial charge in [-0.3, -0.25) is 0 Å². The highest BCUT2D eigenvalue weighted by Crippen LogP contribution is 2.33. The lowest BCUT2D eigenvalue weighted by Gasteiger charge is -2.32. The van der Waals surface area contributed by atoms with Crippen LogP contribution in [0.25, 0.3) is 10.9 Å². The smallest absolute Gasteiger partial charge is 0.216 e. The Labute approximate surface area is 149 Å². The zero-order chi connectivity index (χ0) is 16.7.